The molecule has 2 aromatic heterocycles. The molecule has 0 bridgehead atoms. The van der Waals surface area contributed by atoms with Crippen LogP contribution in [-0.4, -0.2) is 87.2 Å². The number of nitrogens with one attached hydrogen (secondary N) is 2. The highest BCUT2D eigenvalue weighted by molar-refractivity contribution is 6.33. The summed E-state index contributed by atoms with van der Waals surface area (Å²) in [5.74, 6) is -0.361. The van der Waals surface area contributed by atoms with Crippen molar-refractivity contribution in [3.8, 4) is 0 Å². The van der Waals surface area contributed by atoms with Crippen LogP contribution < -0.4 is 5.32 Å². The van der Waals surface area contributed by atoms with Gasteiger partial charge >= 0.3 is 0 Å². The van der Waals surface area contributed by atoms with E-state index in [2.05, 4.69) is 15.3 Å². The summed E-state index contributed by atoms with van der Waals surface area (Å²) in [6, 6.07) is 4.82. The highest BCUT2D eigenvalue weighted by Crippen LogP contribution is 2.33. The molecule has 186 valence electrons. The third kappa shape index (κ3) is 4.99. The van der Waals surface area contributed by atoms with E-state index in [1.807, 2.05) is 30.9 Å². The van der Waals surface area contributed by atoms with Gasteiger partial charge in [0.05, 0.1) is 47.8 Å². The quantitative estimate of drug-likeness (QED) is 0.509. The van der Waals surface area contributed by atoms with E-state index in [-0.39, 0.29) is 25.0 Å². The highest BCUT2D eigenvalue weighted by atomic mass is 35.5. The third-order valence-electron chi connectivity index (χ3n) is 6.78. The molecule has 4 heterocycles. The lowest BCUT2D eigenvalue weighted by molar-refractivity contribution is -0.151. The molecule has 10 heteroatoms. The van der Waals surface area contributed by atoms with E-state index >= 15 is 0 Å². The van der Waals surface area contributed by atoms with Crippen LogP contribution in [0.4, 0.5) is 5.69 Å². The molecule has 2 atom stereocenters. The second-order valence-corrected chi connectivity index (χ2v) is 10.5. The highest BCUT2D eigenvalue weighted by Gasteiger charge is 2.39. The molecular formula is C25H30ClN5O4. The van der Waals surface area contributed by atoms with Gasteiger partial charge in [-0.1, -0.05) is 11.6 Å². The van der Waals surface area contributed by atoms with Crippen LogP contribution in [0.15, 0.2) is 30.6 Å². The Balaban J connectivity index is 1.39. The first kappa shape index (κ1) is 24.0. The van der Waals surface area contributed by atoms with E-state index in [1.165, 1.54) is 0 Å². The summed E-state index contributed by atoms with van der Waals surface area (Å²) in [7, 11) is 0. The van der Waals surface area contributed by atoms with Crippen LogP contribution in [0.5, 0.6) is 0 Å². The first-order valence-electron chi connectivity index (χ1n) is 11.9. The summed E-state index contributed by atoms with van der Waals surface area (Å²) in [6.45, 7) is 5.52. The molecule has 0 radical (unpaired) electrons. The number of fused-ring (bicyclic) bond motifs is 3. The minimum atomic E-state index is -0.651. The van der Waals surface area contributed by atoms with Crippen LogP contribution in [0.25, 0.3) is 21.8 Å². The Kier molecular flexibility index (Phi) is 6.43. The van der Waals surface area contributed by atoms with Gasteiger partial charge in [0.1, 0.15) is 6.04 Å². The first-order chi connectivity index (χ1) is 16.7. The molecule has 2 aliphatic rings. The van der Waals surface area contributed by atoms with Gasteiger partial charge in [-0.05, 0) is 44.9 Å². The summed E-state index contributed by atoms with van der Waals surface area (Å²) < 4.78 is 5.96. The maximum Gasteiger partial charge on any atom is 0.244 e. The normalized spacial score (nSPS) is 23.0. The van der Waals surface area contributed by atoms with Crippen molar-refractivity contribution < 1.29 is 19.4 Å². The van der Waals surface area contributed by atoms with Crippen LogP contribution in [0.1, 0.15) is 26.7 Å². The van der Waals surface area contributed by atoms with Gasteiger partial charge in [-0.15, -0.1) is 0 Å². The minimum Gasteiger partial charge on any atom is -0.391 e. The number of aliphatic hydroxyl groups is 1. The number of aliphatic hydroxyl groups excluding tert-OH is 1. The van der Waals surface area contributed by atoms with E-state index in [0.29, 0.717) is 36.8 Å². The van der Waals surface area contributed by atoms with Crippen molar-refractivity contribution in [3.05, 3.63) is 35.6 Å². The van der Waals surface area contributed by atoms with Crippen LogP contribution >= 0.6 is 11.6 Å². The molecule has 0 spiro atoms. The summed E-state index contributed by atoms with van der Waals surface area (Å²) in [5, 5.41) is 15.3. The predicted molar refractivity (Wildman–Crippen MR) is 134 cm³/mol. The zero-order valence-electron chi connectivity index (χ0n) is 19.9. The molecule has 2 saturated heterocycles. The van der Waals surface area contributed by atoms with E-state index in [9.17, 15) is 14.7 Å². The van der Waals surface area contributed by atoms with E-state index < -0.39 is 17.7 Å². The Morgan fingerprint density at radius 1 is 1.34 bits per heavy atom. The second-order valence-electron chi connectivity index (χ2n) is 10.0. The molecule has 3 N–H and O–H groups in total. The van der Waals surface area contributed by atoms with E-state index in [4.69, 9.17) is 16.3 Å². The number of benzene rings is 1. The van der Waals surface area contributed by atoms with Crippen molar-refractivity contribution in [3.63, 3.8) is 0 Å². The fourth-order valence-corrected chi connectivity index (χ4v) is 5.27. The third-order valence-corrected chi connectivity index (χ3v) is 7.00. The molecule has 35 heavy (non-hydrogen) atoms. The maximum absolute atomic E-state index is 13.5. The number of H-pyrrole nitrogens is 1. The lowest BCUT2D eigenvalue weighted by Gasteiger charge is -2.43. The number of likely N-dealkylation sites (tertiary alicyclic amines) is 1. The Labute approximate surface area is 208 Å². The Morgan fingerprint density at radius 2 is 2.17 bits per heavy atom. The predicted octanol–water partition coefficient (Wildman–Crippen LogP) is 2.77. The summed E-state index contributed by atoms with van der Waals surface area (Å²) in [4.78, 5) is 37.6. The van der Waals surface area contributed by atoms with Gasteiger partial charge in [0.15, 0.2) is 0 Å². The number of pyridine rings is 1. The van der Waals surface area contributed by atoms with E-state index in [0.717, 1.165) is 28.2 Å². The molecule has 2 amide bonds. The van der Waals surface area contributed by atoms with Crippen LogP contribution in [0.3, 0.4) is 0 Å². The molecule has 0 saturated carbocycles. The standard InChI is InChI=1S/C25H30ClN5O4/c1-25(2)14-31(12-22(33)30-7-3-4-16(32)11-30)21(13-35-25)24(34)29-19-9-15(26)8-18-17-5-6-27-10-20(17)28-23(18)19/h5-6,8-10,16,21,28,32H,3-4,7,11-14H2,1-2H3,(H,29,34)/t16-,21+/m1/s1. The van der Waals surface area contributed by atoms with E-state index in [1.54, 1.807) is 23.4 Å². The van der Waals surface area contributed by atoms with Gasteiger partial charge in [-0.2, -0.15) is 0 Å². The zero-order valence-corrected chi connectivity index (χ0v) is 20.6. The summed E-state index contributed by atoms with van der Waals surface area (Å²) in [6.07, 6.45) is 4.43. The smallest absolute Gasteiger partial charge is 0.244 e. The summed E-state index contributed by atoms with van der Waals surface area (Å²) in [5.41, 5.74) is 1.67. The number of amides is 2. The molecule has 0 aliphatic carbocycles. The number of anilines is 1. The van der Waals surface area contributed by atoms with Crippen molar-refractivity contribution in [2.24, 2.45) is 0 Å². The SMILES string of the molecule is CC1(C)CN(CC(=O)N2CCC[C@@H](O)C2)[C@H](C(=O)Nc2cc(Cl)cc3c2[nH]c2cnccc23)CO1. The topological polar surface area (TPSA) is 111 Å². The van der Waals surface area contributed by atoms with Gasteiger partial charge in [0.2, 0.25) is 11.8 Å². The van der Waals surface area contributed by atoms with Crippen molar-refractivity contribution in [2.75, 3.05) is 38.1 Å². The number of carbonyl (C=O) groups excluding carboxylic acids is 2. The maximum atomic E-state index is 13.5. The molecule has 5 rings (SSSR count). The Hall–Kier alpha value is -2.72. The van der Waals surface area contributed by atoms with Gasteiger partial charge in [-0.3, -0.25) is 19.5 Å². The number of aromatic nitrogens is 2. The molecule has 9 nitrogen and oxygen atoms in total. The number of nitrogens with zero attached hydrogens (tertiary/aromatic N) is 3. The number of piperidine rings is 1. The van der Waals surface area contributed by atoms with Crippen molar-refractivity contribution in [1.82, 2.24) is 19.8 Å². The fourth-order valence-electron chi connectivity index (χ4n) is 5.05. The Bertz CT molecular complexity index is 1280. The van der Waals surface area contributed by atoms with Gasteiger partial charge in [0.25, 0.3) is 0 Å². The molecular weight excluding hydrogens is 470 g/mol. The zero-order chi connectivity index (χ0) is 24.7. The van der Waals surface area contributed by atoms with Gasteiger partial charge < -0.3 is 25.0 Å². The number of rotatable bonds is 4. The Morgan fingerprint density at radius 3 is 2.97 bits per heavy atom. The number of carbonyl (C=O) groups is 2. The average molecular weight is 500 g/mol. The second kappa shape index (κ2) is 9.39. The largest absolute Gasteiger partial charge is 0.391 e. The van der Waals surface area contributed by atoms with Crippen molar-refractivity contribution >= 4 is 50.9 Å². The molecule has 1 aromatic carbocycles. The van der Waals surface area contributed by atoms with Crippen molar-refractivity contribution in [2.45, 2.75) is 44.4 Å². The molecule has 3 aromatic rings. The van der Waals surface area contributed by atoms with Crippen molar-refractivity contribution in [1.29, 1.82) is 0 Å². The molecule has 0 unspecified atom stereocenters. The molecule has 2 aliphatic heterocycles. The fraction of sp³-hybridized carbons (Fsp3) is 0.480. The monoisotopic (exact) mass is 499 g/mol. The van der Waals surface area contributed by atoms with Crippen LogP contribution in [0, 0.1) is 0 Å². The number of halogens is 1. The number of hydrogen-bond acceptors (Lipinski definition) is 6. The summed E-state index contributed by atoms with van der Waals surface area (Å²) >= 11 is 6.40. The minimum absolute atomic E-state index is 0.0839. The lowest BCUT2D eigenvalue weighted by atomic mass is 10.0. The molecule has 2 fully saturated rings. The number of morpholine rings is 1. The number of ether oxygens (including phenoxy) is 1. The van der Waals surface area contributed by atoms with Gasteiger partial charge in [-0.25, -0.2) is 0 Å². The van der Waals surface area contributed by atoms with Crippen LogP contribution in [-0.2, 0) is 14.3 Å². The first-order valence-corrected chi connectivity index (χ1v) is 12.3. The lowest BCUT2D eigenvalue weighted by Crippen LogP contribution is -2.60. The van der Waals surface area contributed by atoms with Crippen LogP contribution in [0.2, 0.25) is 5.02 Å². The average Bonchev–Trinajstić information content (AvgIpc) is 3.17. The number of aromatic amines is 1. The number of hydrogen-bond donors (Lipinski definition) is 3. The number of β-amino-alcohol motifs (C(OH)–C–C–N with tert-alkyl or cyclic N) is 1. The van der Waals surface area contributed by atoms with Gasteiger partial charge in [0, 0.05) is 41.6 Å².